The molecule has 1 unspecified atom stereocenters. The average molecular weight is 356 g/mol. The van der Waals surface area contributed by atoms with Gasteiger partial charge in [-0.3, -0.25) is 9.59 Å². The van der Waals surface area contributed by atoms with Gasteiger partial charge < -0.3 is 10.6 Å². The molecule has 0 bridgehead atoms. The van der Waals surface area contributed by atoms with Crippen molar-refractivity contribution in [3.8, 4) is 0 Å². The van der Waals surface area contributed by atoms with E-state index in [4.69, 9.17) is 0 Å². The first-order valence-electron chi connectivity index (χ1n) is 8.33. The molecule has 132 valence electrons. The van der Waals surface area contributed by atoms with Gasteiger partial charge in [0.05, 0.1) is 0 Å². The molecule has 25 heavy (non-hydrogen) atoms. The van der Waals surface area contributed by atoms with E-state index in [1.165, 1.54) is 18.1 Å². The van der Waals surface area contributed by atoms with Crippen molar-refractivity contribution in [1.82, 2.24) is 10.6 Å². The van der Waals surface area contributed by atoms with Crippen LogP contribution in [0, 0.1) is 6.92 Å². The number of hydrogen-bond donors (Lipinski definition) is 2. The number of thioether (sulfide) groups is 1. The molecule has 0 radical (unpaired) electrons. The van der Waals surface area contributed by atoms with Crippen molar-refractivity contribution >= 4 is 23.6 Å². The Morgan fingerprint density at radius 1 is 1.04 bits per heavy atom. The van der Waals surface area contributed by atoms with Crippen molar-refractivity contribution in [3.05, 3.63) is 65.7 Å². The quantitative estimate of drug-likeness (QED) is 0.715. The zero-order valence-electron chi connectivity index (χ0n) is 14.6. The van der Waals surface area contributed by atoms with Gasteiger partial charge in [-0.25, -0.2) is 0 Å². The number of rotatable bonds is 8. The summed E-state index contributed by atoms with van der Waals surface area (Å²) in [6.07, 6.45) is 0.768. The number of aryl methyl sites for hydroxylation is 1. The molecule has 0 spiro atoms. The minimum Gasteiger partial charge on any atom is -0.354 e. The predicted molar refractivity (Wildman–Crippen MR) is 103 cm³/mol. The highest BCUT2D eigenvalue weighted by molar-refractivity contribution is 7.99. The molecule has 2 N–H and O–H groups in total. The van der Waals surface area contributed by atoms with Crippen LogP contribution in [0.1, 0.15) is 18.1 Å². The van der Waals surface area contributed by atoms with E-state index in [0.717, 1.165) is 11.3 Å². The predicted octanol–water partition coefficient (Wildman–Crippen LogP) is 2.95. The minimum atomic E-state index is -0.542. The number of hydrogen-bond acceptors (Lipinski definition) is 3. The second-order valence-electron chi connectivity index (χ2n) is 5.90. The van der Waals surface area contributed by atoms with Gasteiger partial charge in [-0.2, -0.15) is 0 Å². The first kappa shape index (κ1) is 19.1. The van der Waals surface area contributed by atoms with E-state index in [0.29, 0.717) is 12.3 Å². The highest BCUT2D eigenvalue weighted by Crippen LogP contribution is 2.19. The van der Waals surface area contributed by atoms with Crippen LogP contribution in [0.4, 0.5) is 0 Å². The molecule has 0 heterocycles. The maximum absolute atomic E-state index is 12.4. The van der Waals surface area contributed by atoms with Crippen LogP contribution < -0.4 is 10.6 Å². The standard InChI is InChI=1S/C20H24N2O2S/c1-15-8-10-18(11-9-15)25-14-19(22-16(2)23)20(24)21-13-12-17-6-4-3-5-7-17/h3-11,19H,12-14H2,1-2H3,(H,21,24)(H,22,23). The van der Waals surface area contributed by atoms with Crippen LogP contribution in [-0.4, -0.2) is 30.2 Å². The lowest BCUT2D eigenvalue weighted by atomic mass is 10.1. The van der Waals surface area contributed by atoms with E-state index in [2.05, 4.69) is 10.6 Å². The van der Waals surface area contributed by atoms with Crippen LogP contribution in [0.15, 0.2) is 59.5 Å². The second kappa shape index (κ2) is 9.89. The zero-order chi connectivity index (χ0) is 18.1. The molecule has 2 amide bonds. The topological polar surface area (TPSA) is 58.2 Å². The molecule has 2 rings (SSSR count). The van der Waals surface area contributed by atoms with Crippen molar-refractivity contribution in [2.45, 2.75) is 31.2 Å². The molecule has 4 nitrogen and oxygen atoms in total. The van der Waals surface area contributed by atoms with E-state index < -0.39 is 6.04 Å². The van der Waals surface area contributed by atoms with Gasteiger partial charge in [0.1, 0.15) is 6.04 Å². The molecular formula is C20H24N2O2S. The lowest BCUT2D eigenvalue weighted by Gasteiger charge is -2.17. The van der Waals surface area contributed by atoms with E-state index in [1.807, 2.05) is 61.5 Å². The van der Waals surface area contributed by atoms with Crippen LogP contribution in [0.3, 0.4) is 0 Å². The maximum atomic E-state index is 12.4. The molecule has 0 fully saturated rings. The Hall–Kier alpha value is -2.27. The Morgan fingerprint density at radius 2 is 1.72 bits per heavy atom. The van der Waals surface area contributed by atoms with Gasteiger partial charge in [0.15, 0.2) is 0 Å². The van der Waals surface area contributed by atoms with Gasteiger partial charge >= 0.3 is 0 Å². The third-order valence-corrected chi connectivity index (χ3v) is 4.79. The maximum Gasteiger partial charge on any atom is 0.243 e. The molecule has 0 aliphatic rings. The Bertz CT molecular complexity index is 687. The summed E-state index contributed by atoms with van der Waals surface area (Å²) in [6, 6.07) is 17.6. The molecule has 0 aromatic heterocycles. The number of nitrogens with one attached hydrogen (secondary N) is 2. The largest absolute Gasteiger partial charge is 0.354 e. The van der Waals surface area contributed by atoms with Crippen molar-refractivity contribution in [1.29, 1.82) is 0 Å². The molecular weight excluding hydrogens is 332 g/mol. The summed E-state index contributed by atoms with van der Waals surface area (Å²) < 4.78 is 0. The van der Waals surface area contributed by atoms with Crippen molar-refractivity contribution in [2.75, 3.05) is 12.3 Å². The Kier molecular flexibility index (Phi) is 7.54. The van der Waals surface area contributed by atoms with E-state index in [1.54, 1.807) is 11.8 Å². The average Bonchev–Trinajstić information content (AvgIpc) is 2.60. The lowest BCUT2D eigenvalue weighted by molar-refractivity contribution is -0.127. The first-order chi connectivity index (χ1) is 12.0. The van der Waals surface area contributed by atoms with Gasteiger partial charge in [0, 0.05) is 24.1 Å². The summed E-state index contributed by atoms with van der Waals surface area (Å²) in [5.74, 6) is 0.151. The molecule has 0 saturated heterocycles. The zero-order valence-corrected chi connectivity index (χ0v) is 15.4. The summed E-state index contributed by atoms with van der Waals surface area (Å²) in [5, 5.41) is 5.65. The Balaban J connectivity index is 1.85. The summed E-state index contributed by atoms with van der Waals surface area (Å²) in [6.45, 7) is 4.02. The molecule has 0 aliphatic carbocycles. The van der Waals surface area contributed by atoms with Crippen LogP contribution in [0.2, 0.25) is 0 Å². The van der Waals surface area contributed by atoms with Crippen molar-refractivity contribution < 1.29 is 9.59 Å². The number of carbonyl (C=O) groups excluding carboxylic acids is 2. The third-order valence-electron chi connectivity index (χ3n) is 3.69. The number of amides is 2. The highest BCUT2D eigenvalue weighted by atomic mass is 32.2. The van der Waals surface area contributed by atoms with Crippen LogP contribution in [0.5, 0.6) is 0 Å². The summed E-state index contributed by atoms with van der Waals surface area (Å²) in [5.41, 5.74) is 2.37. The monoisotopic (exact) mass is 356 g/mol. The van der Waals surface area contributed by atoms with Gasteiger partial charge in [-0.15, -0.1) is 11.8 Å². The molecule has 2 aromatic rings. The van der Waals surface area contributed by atoms with Gasteiger partial charge in [0.25, 0.3) is 0 Å². The molecule has 0 saturated carbocycles. The SMILES string of the molecule is CC(=O)NC(CSc1ccc(C)cc1)C(=O)NCCc1ccccc1. The van der Waals surface area contributed by atoms with Gasteiger partial charge in [-0.05, 0) is 31.0 Å². The second-order valence-corrected chi connectivity index (χ2v) is 7.00. The third kappa shape index (κ3) is 7.01. The smallest absolute Gasteiger partial charge is 0.243 e. The lowest BCUT2D eigenvalue weighted by Crippen LogP contribution is -2.48. The van der Waals surface area contributed by atoms with Crippen LogP contribution in [0.25, 0.3) is 0 Å². The molecule has 2 aromatic carbocycles. The van der Waals surface area contributed by atoms with Crippen molar-refractivity contribution in [2.24, 2.45) is 0 Å². The fraction of sp³-hybridized carbons (Fsp3) is 0.300. The van der Waals surface area contributed by atoms with Crippen molar-refractivity contribution in [3.63, 3.8) is 0 Å². The minimum absolute atomic E-state index is 0.147. The highest BCUT2D eigenvalue weighted by Gasteiger charge is 2.19. The normalized spacial score (nSPS) is 11.6. The molecule has 5 heteroatoms. The van der Waals surface area contributed by atoms with Crippen LogP contribution >= 0.6 is 11.8 Å². The fourth-order valence-electron chi connectivity index (χ4n) is 2.34. The molecule has 1 atom stereocenters. The summed E-state index contributed by atoms with van der Waals surface area (Å²) in [4.78, 5) is 24.9. The number of benzene rings is 2. The summed E-state index contributed by atoms with van der Waals surface area (Å²) in [7, 11) is 0. The fourth-order valence-corrected chi connectivity index (χ4v) is 3.26. The summed E-state index contributed by atoms with van der Waals surface area (Å²) >= 11 is 1.56. The first-order valence-corrected chi connectivity index (χ1v) is 9.31. The van der Waals surface area contributed by atoms with E-state index in [9.17, 15) is 9.59 Å². The molecule has 0 aliphatic heterocycles. The van der Waals surface area contributed by atoms with E-state index in [-0.39, 0.29) is 11.8 Å². The Labute approximate surface area is 153 Å². The van der Waals surface area contributed by atoms with E-state index >= 15 is 0 Å². The van der Waals surface area contributed by atoms with Crippen LogP contribution in [-0.2, 0) is 16.0 Å². The van der Waals surface area contributed by atoms with Gasteiger partial charge in [0.2, 0.25) is 11.8 Å². The van der Waals surface area contributed by atoms with Gasteiger partial charge in [-0.1, -0.05) is 48.0 Å². The number of carbonyl (C=O) groups is 2. The Morgan fingerprint density at radius 3 is 2.36 bits per heavy atom.